The minimum Gasteiger partial charge on any atom is -0.481 e. The van der Waals surface area contributed by atoms with Gasteiger partial charge in [0.2, 0.25) is 0 Å². The van der Waals surface area contributed by atoms with Gasteiger partial charge in [0.25, 0.3) is 0 Å². The van der Waals surface area contributed by atoms with Gasteiger partial charge in [0.05, 0.1) is 5.92 Å². The van der Waals surface area contributed by atoms with E-state index in [9.17, 15) is 9.90 Å². The fourth-order valence-corrected chi connectivity index (χ4v) is 6.64. The number of carbonyl (C=O) groups is 1. The molecule has 5 fully saturated rings. The first kappa shape index (κ1) is 14.0. The zero-order valence-electron chi connectivity index (χ0n) is 13.0. The predicted octanol–water partition coefficient (Wildman–Crippen LogP) is 3.29. The van der Waals surface area contributed by atoms with E-state index in [1.807, 2.05) is 0 Å². The summed E-state index contributed by atoms with van der Waals surface area (Å²) in [7, 11) is 0. The van der Waals surface area contributed by atoms with Crippen molar-refractivity contribution in [2.24, 2.45) is 35.0 Å². The fraction of sp³-hybridized carbons (Fsp3) is 0.944. The Balaban J connectivity index is 1.32. The third-order valence-electron chi connectivity index (χ3n) is 7.05. The number of carboxylic acids is 1. The Morgan fingerprint density at radius 2 is 1.67 bits per heavy atom. The molecule has 2 atom stereocenters. The van der Waals surface area contributed by atoms with Crippen LogP contribution < -0.4 is 5.32 Å². The molecule has 0 radical (unpaired) electrons. The summed E-state index contributed by atoms with van der Waals surface area (Å²) in [4.78, 5) is 11.3. The molecule has 118 valence electrons. The summed E-state index contributed by atoms with van der Waals surface area (Å²) in [6, 6.07) is 0. The molecule has 0 aliphatic heterocycles. The van der Waals surface area contributed by atoms with Crippen LogP contribution in [0.5, 0.6) is 0 Å². The van der Waals surface area contributed by atoms with Crippen molar-refractivity contribution in [3.8, 4) is 0 Å². The second-order valence-corrected chi connectivity index (χ2v) is 8.68. The molecule has 0 heterocycles. The highest BCUT2D eigenvalue weighted by Gasteiger charge is 2.50. The maximum Gasteiger partial charge on any atom is 0.306 e. The van der Waals surface area contributed by atoms with E-state index in [-0.39, 0.29) is 5.92 Å². The average molecular weight is 291 g/mol. The predicted molar refractivity (Wildman–Crippen MR) is 81.9 cm³/mol. The van der Waals surface area contributed by atoms with Crippen molar-refractivity contribution in [1.29, 1.82) is 0 Å². The SMILES string of the molecule is O=C(O)C1CCCC1CNCC12CC3CC(CC(C3)C1)C2. The molecule has 0 amide bonds. The normalized spacial score (nSPS) is 47.9. The first-order valence-corrected chi connectivity index (χ1v) is 9.07. The maximum atomic E-state index is 11.3. The van der Waals surface area contributed by atoms with Gasteiger partial charge in [-0.15, -0.1) is 0 Å². The summed E-state index contributed by atoms with van der Waals surface area (Å²) in [5.41, 5.74) is 0.575. The second-order valence-electron chi connectivity index (χ2n) is 8.68. The van der Waals surface area contributed by atoms with E-state index >= 15 is 0 Å². The largest absolute Gasteiger partial charge is 0.481 e. The fourth-order valence-electron chi connectivity index (χ4n) is 6.64. The third kappa shape index (κ3) is 2.62. The Bertz CT molecular complexity index is 384. The number of rotatable bonds is 5. The van der Waals surface area contributed by atoms with Crippen LogP contribution in [0.25, 0.3) is 0 Å². The lowest BCUT2D eigenvalue weighted by atomic mass is 9.49. The molecule has 21 heavy (non-hydrogen) atoms. The van der Waals surface area contributed by atoms with Gasteiger partial charge in [-0.1, -0.05) is 6.42 Å². The smallest absolute Gasteiger partial charge is 0.306 e. The van der Waals surface area contributed by atoms with E-state index in [4.69, 9.17) is 0 Å². The highest BCUT2D eigenvalue weighted by Crippen LogP contribution is 2.59. The van der Waals surface area contributed by atoms with E-state index in [1.165, 1.54) is 38.5 Å². The van der Waals surface area contributed by atoms with Crippen molar-refractivity contribution in [2.45, 2.75) is 57.8 Å². The van der Waals surface area contributed by atoms with Crippen LogP contribution in [0, 0.1) is 35.0 Å². The summed E-state index contributed by atoms with van der Waals surface area (Å²) >= 11 is 0. The summed E-state index contributed by atoms with van der Waals surface area (Å²) in [5.74, 6) is 2.74. The molecule has 0 saturated heterocycles. The van der Waals surface area contributed by atoms with Gasteiger partial charge in [-0.2, -0.15) is 0 Å². The van der Waals surface area contributed by atoms with Crippen molar-refractivity contribution in [1.82, 2.24) is 5.32 Å². The first-order chi connectivity index (χ1) is 10.1. The summed E-state index contributed by atoms with van der Waals surface area (Å²) < 4.78 is 0. The molecule has 0 spiro atoms. The topological polar surface area (TPSA) is 49.3 Å². The lowest BCUT2D eigenvalue weighted by Gasteiger charge is -2.57. The van der Waals surface area contributed by atoms with E-state index in [2.05, 4.69) is 5.32 Å². The zero-order valence-corrected chi connectivity index (χ0v) is 13.0. The minimum absolute atomic E-state index is 0.0890. The van der Waals surface area contributed by atoms with Crippen LogP contribution in [0.4, 0.5) is 0 Å². The van der Waals surface area contributed by atoms with Gasteiger partial charge in [-0.3, -0.25) is 4.79 Å². The monoisotopic (exact) mass is 291 g/mol. The van der Waals surface area contributed by atoms with Crippen LogP contribution in [0.15, 0.2) is 0 Å². The van der Waals surface area contributed by atoms with Crippen LogP contribution in [0.2, 0.25) is 0 Å². The Morgan fingerprint density at radius 1 is 1.05 bits per heavy atom. The van der Waals surface area contributed by atoms with Gasteiger partial charge >= 0.3 is 5.97 Å². The van der Waals surface area contributed by atoms with Gasteiger partial charge in [-0.05, 0) is 87.0 Å². The standard InChI is InChI=1S/C18H29NO2/c20-17(21)16-3-1-2-15(16)10-19-11-18-7-12-4-13(8-18)6-14(5-12)9-18/h12-16,19H,1-11H2,(H,20,21). The number of aliphatic carboxylic acids is 1. The van der Waals surface area contributed by atoms with Crippen molar-refractivity contribution in [2.75, 3.05) is 13.1 Å². The summed E-state index contributed by atoms with van der Waals surface area (Å²) in [6.45, 7) is 2.08. The third-order valence-corrected chi connectivity index (χ3v) is 7.05. The van der Waals surface area contributed by atoms with Crippen LogP contribution in [-0.4, -0.2) is 24.2 Å². The van der Waals surface area contributed by atoms with E-state index in [1.54, 1.807) is 0 Å². The minimum atomic E-state index is -0.575. The van der Waals surface area contributed by atoms with Crippen molar-refractivity contribution in [3.63, 3.8) is 0 Å². The molecule has 5 saturated carbocycles. The van der Waals surface area contributed by atoms with Crippen molar-refractivity contribution < 1.29 is 9.90 Å². The molecule has 0 aromatic carbocycles. The van der Waals surface area contributed by atoms with Crippen LogP contribution >= 0.6 is 0 Å². The Morgan fingerprint density at radius 3 is 2.24 bits per heavy atom. The number of nitrogens with one attached hydrogen (secondary N) is 1. The van der Waals surface area contributed by atoms with Gasteiger partial charge < -0.3 is 10.4 Å². The first-order valence-electron chi connectivity index (χ1n) is 9.07. The molecule has 2 N–H and O–H groups in total. The van der Waals surface area contributed by atoms with Crippen LogP contribution in [0.1, 0.15) is 57.8 Å². The van der Waals surface area contributed by atoms with Crippen molar-refractivity contribution in [3.05, 3.63) is 0 Å². The molecular weight excluding hydrogens is 262 g/mol. The quantitative estimate of drug-likeness (QED) is 0.817. The van der Waals surface area contributed by atoms with E-state index < -0.39 is 5.97 Å². The van der Waals surface area contributed by atoms with Gasteiger partial charge in [0.15, 0.2) is 0 Å². The molecule has 2 unspecified atom stereocenters. The number of carboxylic acid groups (broad SMARTS) is 1. The van der Waals surface area contributed by atoms with Gasteiger partial charge in [0, 0.05) is 6.54 Å². The lowest BCUT2D eigenvalue weighted by molar-refractivity contribution is -0.142. The van der Waals surface area contributed by atoms with Gasteiger partial charge in [0.1, 0.15) is 0 Å². The Labute approximate surface area is 127 Å². The lowest BCUT2D eigenvalue weighted by Crippen LogP contribution is -2.51. The highest BCUT2D eigenvalue weighted by atomic mass is 16.4. The second kappa shape index (κ2) is 5.26. The average Bonchev–Trinajstić information content (AvgIpc) is 2.85. The number of hydrogen-bond acceptors (Lipinski definition) is 2. The molecule has 0 aromatic rings. The molecule has 5 aliphatic rings. The molecule has 3 heteroatoms. The van der Waals surface area contributed by atoms with Gasteiger partial charge in [-0.25, -0.2) is 0 Å². The van der Waals surface area contributed by atoms with E-state index in [0.29, 0.717) is 11.3 Å². The summed E-state index contributed by atoms with van der Waals surface area (Å²) in [6.07, 6.45) is 11.9. The molecule has 5 aliphatic carbocycles. The Kier molecular flexibility index (Phi) is 3.52. The van der Waals surface area contributed by atoms with Crippen molar-refractivity contribution >= 4 is 5.97 Å². The zero-order chi connectivity index (χ0) is 14.4. The molecule has 4 bridgehead atoms. The Hall–Kier alpha value is -0.570. The molecule has 0 aromatic heterocycles. The maximum absolute atomic E-state index is 11.3. The number of hydrogen-bond donors (Lipinski definition) is 2. The molecule has 5 rings (SSSR count). The van der Waals surface area contributed by atoms with Crippen LogP contribution in [0.3, 0.4) is 0 Å². The molecular formula is C18H29NO2. The van der Waals surface area contributed by atoms with E-state index in [0.717, 1.165) is 50.1 Å². The summed E-state index contributed by atoms with van der Waals surface area (Å²) in [5, 5.41) is 13.0. The van der Waals surface area contributed by atoms with Crippen LogP contribution in [-0.2, 0) is 4.79 Å². The molecule has 3 nitrogen and oxygen atoms in total. The highest BCUT2D eigenvalue weighted by molar-refractivity contribution is 5.70.